The number of carbonyl (C=O) groups excluding carboxylic acids is 1. The molecule has 8 nitrogen and oxygen atoms in total. The number of hydrogen-bond donors (Lipinski definition) is 1. The highest BCUT2D eigenvalue weighted by Gasteiger charge is 2.28. The summed E-state index contributed by atoms with van der Waals surface area (Å²) in [5.41, 5.74) is 0. The normalized spacial score (nSPS) is 16.9. The van der Waals surface area contributed by atoms with Crippen LogP contribution in [0.5, 0.6) is 0 Å². The van der Waals surface area contributed by atoms with Crippen LogP contribution in [-0.2, 0) is 21.7 Å². The van der Waals surface area contributed by atoms with Crippen molar-refractivity contribution in [2.45, 2.75) is 43.2 Å². The summed E-state index contributed by atoms with van der Waals surface area (Å²) in [6, 6.07) is 1.22. The number of hydrogen-bond acceptors (Lipinski definition) is 5. The van der Waals surface area contributed by atoms with E-state index in [0.717, 1.165) is 19.1 Å². The average molecular weight is 365 g/mol. The fourth-order valence-electron chi connectivity index (χ4n) is 3.30. The number of aryl methyl sites for hydroxylation is 1. The molecule has 1 amide bonds. The fourth-order valence-corrected chi connectivity index (χ4v) is 3.85. The van der Waals surface area contributed by atoms with Crippen molar-refractivity contribution in [3.05, 3.63) is 24.8 Å². The third-order valence-corrected chi connectivity index (χ3v) is 5.59. The average Bonchev–Trinajstić information content (AvgIpc) is 3.25. The number of carbonyl (C=O) groups is 1. The maximum Gasteiger partial charge on any atom is 0.248 e. The van der Waals surface area contributed by atoms with Gasteiger partial charge < -0.3 is 9.88 Å². The van der Waals surface area contributed by atoms with Gasteiger partial charge >= 0.3 is 0 Å². The lowest BCUT2D eigenvalue weighted by atomic mass is 9.97. The molecule has 3 rings (SSSR count). The van der Waals surface area contributed by atoms with Gasteiger partial charge in [0.15, 0.2) is 20.7 Å². The van der Waals surface area contributed by atoms with Crippen LogP contribution >= 0.6 is 0 Å². The van der Waals surface area contributed by atoms with Gasteiger partial charge in [0.05, 0.1) is 6.33 Å². The summed E-state index contributed by atoms with van der Waals surface area (Å²) in [6.07, 6.45) is 10.9. The molecule has 136 valence electrons. The van der Waals surface area contributed by atoms with Gasteiger partial charge in [-0.15, -0.1) is 0 Å². The van der Waals surface area contributed by atoms with E-state index in [-0.39, 0.29) is 10.9 Å². The van der Waals surface area contributed by atoms with Crippen molar-refractivity contribution in [1.29, 1.82) is 0 Å². The van der Waals surface area contributed by atoms with Crippen LogP contribution in [0.25, 0.3) is 0 Å². The quantitative estimate of drug-likeness (QED) is 0.841. The lowest BCUT2D eigenvalue weighted by Gasteiger charge is -2.20. The predicted molar refractivity (Wildman–Crippen MR) is 92.8 cm³/mol. The molecule has 0 aliphatic heterocycles. The van der Waals surface area contributed by atoms with Gasteiger partial charge in [0.2, 0.25) is 5.91 Å². The minimum atomic E-state index is -3.40. The van der Waals surface area contributed by atoms with E-state index in [1.54, 1.807) is 28.6 Å². The summed E-state index contributed by atoms with van der Waals surface area (Å²) in [6.45, 7) is 0. The van der Waals surface area contributed by atoms with Gasteiger partial charge in [0.1, 0.15) is 6.04 Å². The molecule has 1 N–H and O–H groups in total. The molecule has 0 spiro atoms. The molecule has 2 aromatic rings. The third-order valence-electron chi connectivity index (χ3n) is 4.62. The lowest BCUT2D eigenvalue weighted by molar-refractivity contribution is -0.119. The van der Waals surface area contributed by atoms with Gasteiger partial charge in [-0.3, -0.25) is 9.48 Å². The second-order valence-electron chi connectivity index (χ2n) is 6.70. The zero-order chi connectivity index (χ0) is 18.0. The van der Waals surface area contributed by atoms with E-state index < -0.39 is 15.9 Å². The molecule has 1 saturated carbocycles. The minimum Gasteiger partial charge on any atom is -0.324 e. The Kier molecular flexibility index (Phi) is 4.94. The van der Waals surface area contributed by atoms with E-state index in [0.29, 0.717) is 18.2 Å². The molecule has 1 aliphatic rings. The first kappa shape index (κ1) is 17.7. The maximum atomic E-state index is 12.8. The van der Waals surface area contributed by atoms with Crippen molar-refractivity contribution < 1.29 is 13.2 Å². The Labute approximate surface area is 147 Å². The van der Waals surface area contributed by atoms with Crippen LogP contribution in [0.4, 0.5) is 5.82 Å². The van der Waals surface area contributed by atoms with E-state index in [9.17, 15) is 13.2 Å². The smallest absolute Gasteiger partial charge is 0.248 e. The van der Waals surface area contributed by atoms with Crippen LogP contribution in [0.2, 0.25) is 0 Å². The van der Waals surface area contributed by atoms with Gasteiger partial charge in [0.25, 0.3) is 0 Å². The monoisotopic (exact) mass is 365 g/mol. The standard InChI is InChI=1S/C16H23N5O3S/c1-20-8-7-14(19-20)18-16(22)13(9-12-5-3-4-6-12)21-10-15(17-11-21)25(2,23)24/h7-8,10-13H,3-6,9H2,1-2H3,(H,18,19,22)/t13-/m0/s1. The van der Waals surface area contributed by atoms with Crippen LogP contribution < -0.4 is 5.32 Å². The Hall–Kier alpha value is -2.16. The number of amides is 1. The zero-order valence-corrected chi connectivity index (χ0v) is 15.2. The predicted octanol–water partition coefficient (Wildman–Crippen LogP) is 1.78. The van der Waals surface area contributed by atoms with Crippen molar-refractivity contribution in [3.63, 3.8) is 0 Å². The maximum absolute atomic E-state index is 12.8. The van der Waals surface area contributed by atoms with Crippen LogP contribution in [0, 0.1) is 5.92 Å². The molecule has 25 heavy (non-hydrogen) atoms. The van der Waals surface area contributed by atoms with Crippen LogP contribution in [0.1, 0.15) is 38.1 Å². The highest BCUT2D eigenvalue weighted by molar-refractivity contribution is 7.90. The Morgan fingerprint density at radius 3 is 2.68 bits per heavy atom. The number of sulfone groups is 1. The van der Waals surface area contributed by atoms with E-state index in [1.165, 1.54) is 25.4 Å². The minimum absolute atomic E-state index is 0.0189. The SMILES string of the molecule is Cn1ccc(NC(=O)[C@H](CC2CCCC2)n2cnc(S(C)(=O)=O)c2)n1. The number of anilines is 1. The molecule has 0 bridgehead atoms. The van der Waals surface area contributed by atoms with Crippen LogP contribution in [-0.4, -0.2) is 39.9 Å². The van der Waals surface area contributed by atoms with Gasteiger partial charge in [-0.25, -0.2) is 13.4 Å². The highest BCUT2D eigenvalue weighted by Crippen LogP contribution is 2.32. The summed E-state index contributed by atoms with van der Waals surface area (Å²) < 4.78 is 26.6. The zero-order valence-electron chi connectivity index (χ0n) is 14.4. The first-order chi connectivity index (χ1) is 11.8. The van der Waals surface area contributed by atoms with Gasteiger partial charge in [0, 0.05) is 31.8 Å². The Morgan fingerprint density at radius 2 is 2.12 bits per heavy atom. The Morgan fingerprint density at radius 1 is 1.40 bits per heavy atom. The topological polar surface area (TPSA) is 98.9 Å². The second kappa shape index (κ2) is 6.99. The van der Waals surface area contributed by atoms with Gasteiger partial charge in [-0.1, -0.05) is 25.7 Å². The molecule has 2 heterocycles. The van der Waals surface area contributed by atoms with Crippen molar-refractivity contribution in [2.24, 2.45) is 13.0 Å². The molecule has 9 heteroatoms. The summed E-state index contributed by atoms with van der Waals surface area (Å²) in [4.78, 5) is 16.8. The number of rotatable bonds is 6. The van der Waals surface area contributed by atoms with E-state index in [4.69, 9.17) is 0 Å². The summed E-state index contributed by atoms with van der Waals surface area (Å²) in [5, 5.41) is 6.96. The molecule has 2 aromatic heterocycles. The van der Waals surface area contributed by atoms with E-state index >= 15 is 0 Å². The van der Waals surface area contributed by atoms with Crippen molar-refractivity contribution in [2.75, 3.05) is 11.6 Å². The molecule has 1 atom stereocenters. The Bertz CT molecular complexity index is 849. The largest absolute Gasteiger partial charge is 0.324 e. The summed E-state index contributed by atoms with van der Waals surface area (Å²) >= 11 is 0. The van der Waals surface area contributed by atoms with Gasteiger partial charge in [-0.05, 0) is 12.3 Å². The second-order valence-corrected chi connectivity index (χ2v) is 8.66. The molecular weight excluding hydrogens is 342 g/mol. The number of nitrogens with zero attached hydrogens (tertiary/aromatic N) is 4. The molecule has 0 unspecified atom stereocenters. The third kappa shape index (κ3) is 4.28. The Balaban J connectivity index is 1.83. The number of nitrogens with one attached hydrogen (secondary N) is 1. The number of imidazole rings is 1. The number of aromatic nitrogens is 4. The van der Waals surface area contributed by atoms with Crippen molar-refractivity contribution in [3.8, 4) is 0 Å². The van der Waals surface area contributed by atoms with Crippen LogP contribution in [0.15, 0.2) is 29.8 Å². The molecule has 0 radical (unpaired) electrons. The van der Waals surface area contributed by atoms with Crippen molar-refractivity contribution in [1.82, 2.24) is 19.3 Å². The lowest BCUT2D eigenvalue weighted by Crippen LogP contribution is -2.27. The fraction of sp³-hybridized carbons (Fsp3) is 0.562. The van der Waals surface area contributed by atoms with Crippen molar-refractivity contribution >= 4 is 21.6 Å². The summed E-state index contributed by atoms with van der Waals surface area (Å²) in [7, 11) is -1.63. The molecule has 0 aromatic carbocycles. The highest BCUT2D eigenvalue weighted by atomic mass is 32.2. The van der Waals surface area contributed by atoms with E-state index in [1.807, 2.05) is 0 Å². The first-order valence-electron chi connectivity index (χ1n) is 8.37. The molecule has 1 aliphatic carbocycles. The van der Waals surface area contributed by atoms with E-state index in [2.05, 4.69) is 15.4 Å². The first-order valence-corrected chi connectivity index (χ1v) is 10.3. The summed E-state index contributed by atoms with van der Waals surface area (Å²) in [5.74, 6) is 0.735. The molecular formula is C16H23N5O3S. The molecule has 0 saturated heterocycles. The molecule has 1 fully saturated rings. The van der Waals surface area contributed by atoms with Crippen LogP contribution in [0.3, 0.4) is 0 Å². The van der Waals surface area contributed by atoms with Gasteiger partial charge in [-0.2, -0.15) is 5.10 Å².